The summed E-state index contributed by atoms with van der Waals surface area (Å²) in [6.07, 6.45) is 3.31. The molecule has 7 heteroatoms. The lowest BCUT2D eigenvalue weighted by Gasteiger charge is -2.09. The molecule has 0 fully saturated rings. The third-order valence-corrected chi connectivity index (χ3v) is 3.75. The highest BCUT2D eigenvalue weighted by molar-refractivity contribution is 7.09. The van der Waals surface area contributed by atoms with Gasteiger partial charge in [-0.25, -0.2) is 9.97 Å². The molecule has 1 amide bonds. The minimum atomic E-state index is -0.198. The first-order valence-electron chi connectivity index (χ1n) is 6.05. The maximum Gasteiger partial charge on any atom is 0.272 e. The van der Waals surface area contributed by atoms with Crippen LogP contribution in [-0.4, -0.2) is 27.0 Å². The Bertz CT molecular complexity index is 562. The highest BCUT2D eigenvalue weighted by Crippen LogP contribution is 2.17. The van der Waals surface area contributed by atoms with Gasteiger partial charge in [0, 0.05) is 30.4 Å². The van der Waals surface area contributed by atoms with Crippen molar-refractivity contribution in [3.05, 3.63) is 34.3 Å². The summed E-state index contributed by atoms with van der Waals surface area (Å²) in [6, 6.07) is -0.120. The van der Waals surface area contributed by atoms with Gasteiger partial charge in [0.05, 0.1) is 12.4 Å². The second-order valence-electron chi connectivity index (χ2n) is 4.31. The molecule has 0 bridgehead atoms. The number of nitrogens with zero attached hydrogens (tertiary/aromatic N) is 3. The van der Waals surface area contributed by atoms with Crippen LogP contribution in [0.2, 0.25) is 0 Å². The SMILES string of the molecule is Cc1csc(C(C)NC(=O)c2cn(CCN)cn2)n1. The number of nitrogens with one attached hydrogen (secondary N) is 1. The standard InChI is InChI=1S/C12H17N5OS/c1-8-6-19-12(15-8)9(2)16-11(18)10-5-17(4-3-13)7-14-10/h5-7,9H,3-4,13H2,1-2H3,(H,16,18). The van der Waals surface area contributed by atoms with Crippen LogP contribution in [0.1, 0.15) is 34.2 Å². The van der Waals surface area contributed by atoms with Gasteiger partial charge in [-0.2, -0.15) is 0 Å². The number of thiazole rings is 1. The number of carbonyl (C=O) groups is 1. The molecule has 0 spiro atoms. The molecule has 2 heterocycles. The van der Waals surface area contributed by atoms with E-state index in [1.54, 1.807) is 28.4 Å². The average Bonchev–Trinajstić information content (AvgIpc) is 2.98. The molecule has 0 saturated heterocycles. The fraction of sp³-hybridized carbons (Fsp3) is 0.417. The van der Waals surface area contributed by atoms with Crippen LogP contribution < -0.4 is 11.1 Å². The van der Waals surface area contributed by atoms with Crippen LogP contribution in [0.15, 0.2) is 17.9 Å². The van der Waals surface area contributed by atoms with Crippen molar-refractivity contribution in [2.24, 2.45) is 5.73 Å². The van der Waals surface area contributed by atoms with Crippen LogP contribution in [0.5, 0.6) is 0 Å². The summed E-state index contributed by atoms with van der Waals surface area (Å²) in [6.45, 7) is 5.02. The third-order valence-electron chi connectivity index (χ3n) is 2.61. The first-order chi connectivity index (χ1) is 9.10. The Kier molecular flexibility index (Phi) is 4.28. The molecular formula is C12H17N5OS. The van der Waals surface area contributed by atoms with E-state index in [1.807, 2.05) is 19.2 Å². The van der Waals surface area contributed by atoms with E-state index in [-0.39, 0.29) is 11.9 Å². The van der Waals surface area contributed by atoms with Crippen molar-refractivity contribution in [2.45, 2.75) is 26.4 Å². The van der Waals surface area contributed by atoms with E-state index >= 15 is 0 Å². The lowest BCUT2D eigenvalue weighted by atomic mass is 10.3. The van der Waals surface area contributed by atoms with E-state index < -0.39 is 0 Å². The minimum absolute atomic E-state index is 0.120. The van der Waals surface area contributed by atoms with E-state index in [9.17, 15) is 4.79 Å². The van der Waals surface area contributed by atoms with Gasteiger partial charge in [-0.3, -0.25) is 4.79 Å². The molecule has 2 rings (SSSR count). The molecule has 0 aliphatic heterocycles. The van der Waals surface area contributed by atoms with Crippen molar-refractivity contribution in [1.29, 1.82) is 0 Å². The molecule has 0 aliphatic carbocycles. The third kappa shape index (κ3) is 3.39. The van der Waals surface area contributed by atoms with E-state index in [4.69, 9.17) is 5.73 Å². The zero-order valence-corrected chi connectivity index (χ0v) is 11.8. The molecular weight excluding hydrogens is 262 g/mol. The van der Waals surface area contributed by atoms with Crippen molar-refractivity contribution >= 4 is 17.2 Å². The monoisotopic (exact) mass is 279 g/mol. The number of amides is 1. The fourth-order valence-electron chi connectivity index (χ4n) is 1.65. The molecule has 1 atom stereocenters. The van der Waals surface area contributed by atoms with Gasteiger partial charge in [0.2, 0.25) is 0 Å². The van der Waals surface area contributed by atoms with Gasteiger partial charge >= 0.3 is 0 Å². The van der Waals surface area contributed by atoms with Crippen molar-refractivity contribution in [2.75, 3.05) is 6.54 Å². The highest BCUT2D eigenvalue weighted by atomic mass is 32.1. The second kappa shape index (κ2) is 5.94. The maximum atomic E-state index is 12.0. The Morgan fingerprint density at radius 1 is 1.63 bits per heavy atom. The van der Waals surface area contributed by atoms with E-state index in [0.29, 0.717) is 18.8 Å². The highest BCUT2D eigenvalue weighted by Gasteiger charge is 2.15. The zero-order chi connectivity index (χ0) is 13.8. The Morgan fingerprint density at radius 2 is 2.42 bits per heavy atom. The number of rotatable bonds is 5. The first-order valence-corrected chi connectivity index (χ1v) is 6.93. The molecule has 6 nitrogen and oxygen atoms in total. The number of imidazole rings is 1. The molecule has 0 aromatic carbocycles. The van der Waals surface area contributed by atoms with Gasteiger partial charge < -0.3 is 15.6 Å². The van der Waals surface area contributed by atoms with Gasteiger partial charge in [0.25, 0.3) is 5.91 Å². The number of aromatic nitrogens is 3. The van der Waals surface area contributed by atoms with Crippen LogP contribution in [-0.2, 0) is 6.54 Å². The van der Waals surface area contributed by atoms with Gasteiger partial charge in [-0.05, 0) is 13.8 Å². The molecule has 0 radical (unpaired) electrons. The van der Waals surface area contributed by atoms with Crippen LogP contribution in [0.3, 0.4) is 0 Å². The number of hydrogen-bond acceptors (Lipinski definition) is 5. The number of hydrogen-bond donors (Lipinski definition) is 2. The normalized spacial score (nSPS) is 12.4. The summed E-state index contributed by atoms with van der Waals surface area (Å²) < 4.78 is 1.80. The minimum Gasteiger partial charge on any atom is -0.342 e. The summed E-state index contributed by atoms with van der Waals surface area (Å²) in [5, 5.41) is 5.74. The Morgan fingerprint density at radius 3 is 3.05 bits per heavy atom. The van der Waals surface area contributed by atoms with E-state index in [1.165, 1.54) is 0 Å². The Labute approximate surface area is 115 Å². The molecule has 0 aliphatic rings. The van der Waals surface area contributed by atoms with E-state index in [2.05, 4.69) is 15.3 Å². The smallest absolute Gasteiger partial charge is 0.272 e. The van der Waals surface area contributed by atoms with Crippen LogP contribution in [0.4, 0.5) is 0 Å². The molecule has 2 aromatic rings. The van der Waals surface area contributed by atoms with Crippen LogP contribution in [0.25, 0.3) is 0 Å². The summed E-state index contributed by atoms with van der Waals surface area (Å²) in [5.74, 6) is -0.198. The summed E-state index contributed by atoms with van der Waals surface area (Å²) in [4.78, 5) is 20.4. The van der Waals surface area contributed by atoms with Gasteiger partial charge in [0.15, 0.2) is 0 Å². The van der Waals surface area contributed by atoms with Crippen molar-refractivity contribution < 1.29 is 4.79 Å². The Hall–Kier alpha value is -1.73. The lowest BCUT2D eigenvalue weighted by molar-refractivity contribution is 0.0935. The first kappa shape index (κ1) is 13.7. The van der Waals surface area contributed by atoms with Crippen molar-refractivity contribution in [1.82, 2.24) is 19.9 Å². The molecule has 102 valence electrons. The van der Waals surface area contributed by atoms with E-state index in [0.717, 1.165) is 10.7 Å². The topological polar surface area (TPSA) is 85.8 Å². The second-order valence-corrected chi connectivity index (χ2v) is 5.20. The molecule has 19 heavy (non-hydrogen) atoms. The average molecular weight is 279 g/mol. The van der Waals surface area contributed by atoms with Gasteiger partial charge in [-0.1, -0.05) is 0 Å². The molecule has 1 unspecified atom stereocenters. The molecule has 3 N–H and O–H groups in total. The van der Waals surface area contributed by atoms with Gasteiger partial charge in [-0.15, -0.1) is 11.3 Å². The predicted molar refractivity (Wildman–Crippen MR) is 74.0 cm³/mol. The summed E-state index contributed by atoms with van der Waals surface area (Å²) in [7, 11) is 0. The Balaban J connectivity index is 1.99. The largest absolute Gasteiger partial charge is 0.342 e. The maximum absolute atomic E-state index is 12.0. The van der Waals surface area contributed by atoms with Gasteiger partial charge in [0.1, 0.15) is 10.7 Å². The molecule has 0 saturated carbocycles. The van der Waals surface area contributed by atoms with Crippen LogP contribution in [0, 0.1) is 6.92 Å². The fourth-order valence-corrected chi connectivity index (χ4v) is 2.46. The summed E-state index contributed by atoms with van der Waals surface area (Å²) >= 11 is 1.54. The number of carbonyl (C=O) groups excluding carboxylic acids is 1. The molecule has 2 aromatic heterocycles. The lowest BCUT2D eigenvalue weighted by Crippen LogP contribution is -2.26. The zero-order valence-electron chi connectivity index (χ0n) is 11.0. The number of nitrogens with two attached hydrogens (primary N) is 1. The summed E-state index contributed by atoms with van der Waals surface area (Å²) in [5.41, 5.74) is 6.81. The predicted octanol–water partition coefficient (Wildman–Crippen LogP) is 1.10. The van der Waals surface area contributed by atoms with Crippen LogP contribution >= 0.6 is 11.3 Å². The van der Waals surface area contributed by atoms with Crippen molar-refractivity contribution in [3.63, 3.8) is 0 Å². The quantitative estimate of drug-likeness (QED) is 0.858. The number of aryl methyl sites for hydroxylation is 1. The van der Waals surface area contributed by atoms with Crippen molar-refractivity contribution in [3.8, 4) is 0 Å².